The van der Waals surface area contributed by atoms with Crippen LogP contribution in [-0.2, 0) is 21.1 Å². The molecule has 6 rings (SSSR count). The highest BCUT2D eigenvalue weighted by atomic mass is 32.2. The number of ether oxygens (including phenoxy) is 2. The van der Waals surface area contributed by atoms with E-state index >= 15 is 0 Å². The molecule has 3 fully saturated rings. The highest BCUT2D eigenvalue weighted by molar-refractivity contribution is 7.90. The van der Waals surface area contributed by atoms with Crippen molar-refractivity contribution in [1.29, 1.82) is 0 Å². The number of fused-ring (bicyclic) bond motifs is 2. The molecule has 2 N–H and O–H groups in total. The third kappa shape index (κ3) is 7.21. The van der Waals surface area contributed by atoms with Crippen LogP contribution in [0, 0.1) is 23.7 Å². The SMILES string of the molecule is COc1cc(S(C)(=O)=O)ccc1NCC#Cc1cc2c(N[C@H]3CC[C@H](N4CC5COCC5C4)CC3)cccc2n1CC(F)(F)F. The minimum atomic E-state index is -4.42. The lowest BCUT2D eigenvalue weighted by molar-refractivity contribution is -0.140. The monoisotopic (exact) mass is 644 g/mol. The number of aromatic nitrogens is 1. The van der Waals surface area contributed by atoms with Crippen LogP contribution in [0.1, 0.15) is 31.4 Å². The Morgan fingerprint density at radius 1 is 1.02 bits per heavy atom. The molecule has 3 aliphatic rings. The largest absolute Gasteiger partial charge is 0.495 e. The van der Waals surface area contributed by atoms with Crippen LogP contribution < -0.4 is 15.4 Å². The van der Waals surface area contributed by atoms with Gasteiger partial charge in [-0.25, -0.2) is 8.42 Å². The molecule has 0 radical (unpaired) electrons. The summed E-state index contributed by atoms with van der Waals surface area (Å²) in [5.74, 6) is 7.52. The number of hydrogen-bond acceptors (Lipinski definition) is 7. The summed E-state index contributed by atoms with van der Waals surface area (Å²) in [6.45, 7) is 2.99. The van der Waals surface area contributed by atoms with E-state index in [0.717, 1.165) is 63.9 Å². The van der Waals surface area contributed by atoms with Gasteiger partial charge < -0.3 is 24.7 Å². The smallest absolute Gasteiger partial charge is 0.406 e. The molecular weight excluding hydrogens is 605 g/mol. The molecule has 0 bridgehead atoms. The fourth-order valence-corrected chi connectivity index (χ4v) is 7.65. The molecule has 8 nitrogen and oxygen atoms in total. The van der Waals surface area contributed by atoms with E-state index in [9.17, 15) is 21.6 Å². The molecule has 2 aliphatic heterocycles. The molecule has 1 aromatic heterocycles. The number of nitrogens with one attached hydrogen (secondary N) is 2. The van der Waals surface area contributed by atoms with Gasteiger partial charge in [0.1, 0.15) is 12.3 Å². The maximum Gasteiger partial charge on any atom is 0.406 e. The number of benzene rings is 2. The Hall–Kier alpha value is -3.40. The Bertz CT molecular complexity index is 1690. The lowest BCUT2D eigenvalue weighted by Gasteiger charge is -2.35. The Morgan fingerprint density at radius 2 is 1.76 bits per heavy atom. The Morgan fingerprint density at radius 3 is 2.42 bits per heavy atom. The second kappa shape index (κ2) is 12.8. The minimum absolute atomic E-state index is 0.113. The average molecular weight is 645 g/mol. The van der Waals surface area contributed by atoms with Crippen LogP contribution in [0.2, 0.25) is 0 Å². The molecular formula is C33H39F3N4O4S. The van der Waals surface area contributed by atoms with E-state index in [2.05, 4.69) is 27.4 Å². The molecule has 242 valence electrons. The summed E-state index contributed by atoms with van der Waals surface area (Å²) in [4.78, 5) is 2.77. The quantitative estimate of drug-likeness (QED) is 0.319. The second-order valence-electron chi connectivity index (χ2n) is 12.4. The number of hydrogen-bond donors (Lipinski definition) is 2. The summed E-state index contributed by atoms with van der Waals surface area (Å²) in [5.41, 5.74) is 2.09. The van der Waals surface area contributed by atoms with E-state index in [1.54, 1.807) is 24.3 Å². The fraction of sp³-hybridized carbons (Fsp3) is 0.515. The number of rotatable bonds is 8. The summed E-state index contributed by atoms with van der Waals surface area (Å²) in [6.07, 6.45) is 0.931. The number of nitrogens with zero attached hydrogens (tertiary/aromatic N) is 2. The van der Waals surface area contributed by atoms with Crippen molar-refractivity contribution in [2.45, 2.75) is 55.4 Å². The van der Waals surface area contributed by atoms with Crippen molar-refractivity contribution in [1.82, 2.24) is 9.47 Å². The van der Waals surface area contributed by atoms with E-state index in [4.69, 9.17) is 9.47 Å². The first-order chi connectivity index (χ1) is 21.5. The van der Waals surface area contributed by atoms with Gasteiger partial charge in [-0.05, 0) is 61.9 Å². The zero-order valence-electron chi connectivity index (χ0n) is 25.5. The topological polar surface area (TPSA) is 84.8 Å². The predicted octanol–water partition coefficient (Wildman–Crippen LogP) is 5.38. The number of anilines is 2. The van der Waals surface area contributed by atoms with Crippen molar-refractivity contribution in [2.24, 2.45) is 11.8 Å². The summed E-state index contributed by atoms with van der Waals surface area (Å²) < 4.78 is 77.0. The van der Waals surface area contributed by atoms with Crippen LogP contribution in [0.15, 0.2) is 47.4 Å². The van der Waals surface area contributed by atoms with Crippen molar-refractivity contribution in [3.05, 3.63) is 48.2 Å². The number of methoxy groups -OCH3 is 1. The van der Waals surface area contributed by atoms with Gasteiger partial charge in [0.05, 0.1) is 48.7 Å². The van der Waals surface area contributed by atoms with E-state index in [1.165, 1.54) is 23.8 Å². The Labute approximate surface area is 262 Å². The van der Waals surface area contributed by atoms with E-state index < -0.39 is 22.6 Å². The van der Waals surface area contributed by atoms with Gasteiger partial charge in [-0.15, -0.1) is 0 Å². The molecule has 2 atom stereocenters. The standard InChI is InChI=1S/C33H39F3N4O4S/c1-43-32-16-27(45(2,41)42)12-13-30(32)37-14-4-5-26-15-28-29(6-3-7-31(28)40(26)21-33(34,35)36)38-24-8-10-25(11-9-24)39-17-22-19-44-20-23(22)18-39/h3,6-7,12-13,15-16,22-25,37-38H,8-11,14,17-21H2,1-2H3/t22?,23?,24-,25-. The van der Waals surface area contributed by atoms with Crippen LogP contribution >= 0.6 is 0 Å². The van der Waals surface area contributed by atoms with Crippen LogP contribution in [-0.4, -0.2) is 82.4 Å². The first-order valence-corrected chi connectivity index (χ1v) is 17.3. The average Bonchev–Trinajstić information content (AvgIpc) is 3.69. The Kier molecular flexibility index (Phi) is 8.96. The number of halogens is 3. The van der Waals surface area contributed by atoms with Gasteiger partial charge in [-0.3, -0.25) is 4.90 Å². The van der Waals surface area contributed by atoms with Crippen molar-refractivity contribution in [2.75, 3.05) is 56.8 Å². The molecule has 1 saturated carbocycles. The maximum absolute atomic E-state index is 13.7. The van der Waals surface area contributed by atoms with Crippen LogP contribution in [0.4, 0.5) is 24.5 Å². The zero-order chi connectivity index (χ0) is 31.8. The number of alkyl halides is 3. The number of sulfone groups is 1. The molecule has 1 aliphatic carbocycles. The highest BCUT2D eigenvalue weighted by Crippen LogP contribution is 2.36. The zero-order valence-corrected chi connectivity index (χ0v) is 26.3. The fourth-order valence-electron chi connectivity index (χ4n) is 7.01. The summed E-state index contributed by atoms with van der Waals surface area (Å²) in [7, 11) is -1.98. The minimum Gasteiger partial charge on any atom is -0.495 e. The first-order valence-electron chi connectivity index (χ1n) is 15.4. The lowest BCUT2D eigenvalue weighted by atomic mass is 9.90. The van der Waals surface area contributed by atoms with Gasteiger partial charge >= 0.3 is 6.18 Å². The first kappa shape index (κ1) is 31.6. The molecule has 0 amide bonds. The van der Waals surface area contributed by atoms with Gasteiger partial charge in [0.2, 0.25) is 0 Å². The van der Waals surface area contributed by atoms with Gasteiger partial charge in [0.25, 0.3) is 0 Å². The van der Waals surface area contributed by atoms with E-state index in [-0.39, 0.29) is 23.2 Å². The predicted molar refractivity (Wildman–Crippen MR) is 169 cm³/mol. The molecule has 0 spiro atoms. The maximum atomic E-state index is 13.7. The van der Waals surface area contributed by atoms with Crippen molar-refractivity contribution >= 4 is 32.1 Å². The normalized spacial score (nSPS) is 23.8. The van der Waals surface area contributed by atoms with E-state index in [1.807, 2.05) is 6.07 Å². The van der Waals surface area contributed by atoms with Crippen LogP contribution in [0.3, 0.4) is 0 Å². The molecule has 2 unspecified atom stereocenters. The third-order valence-electron chi connectivity index (χ3n) is 9.31. The second-order valence-corrected chi connectivity index (χ2v) is 14.4. The van der Waals surface area contributed by atoms with E-state index in [0.29, 0.717) is 40.2 Å². The van der Waals surface area contributed by atoms with Gasteiger partial charge in [-0.2, -0.15) is 13.2 Å². The summed E-state index contributed by atoms with van der Waals surface area (Å²) in [6, 6.07) is 12.5. The van der Waals surface area contributed by atoms with Crippen molar-refractivity contribution in [3.63, 3.8) is 0 Å². The molecule has 2 aromatic carbocycles. The van der Waals surface area contributed by atoms with Gasteiger partial charge in [0.15, 0.2) is 9.84 Å². The summed E-state index contributed by atoms with van der Waals surface area (Å²) >= 11 is 0. The molecule has 12 heteroatoms. The van der Waals surface area contributed by atoms with Gasteiger partial charge in [-0.1, -0.05) is 12.0 Å². The van der Waals surface area contributed by atoms with Crippen LogP contribution in [0.5, 0.6) is 5.75 Å². The lowest BCUT2D eigenvalue weighted by Crippen LogP contribution is -2.40. The molecule has 3 heterocycles. The number of likely N-dealkylation sites (tertiary alicyclic amines) is 1. The Balaban J connectivity index is 1.16. The highest BCUT2D eigenvalue weighted by Gasteiger charge is 2.40. The molecule has 3 aromatic rings. The molecule has 2 saturated heterocycles. The third-order valence-corrected chi connectivity index (χ3v) is 10.4. The molecule has 45 heavy (non-hydrogen) atoms. The van der Waals surface area contributed by atoms with Crippen molar-refractivity contribution in [3.8, 4) is 17.6 Å². The van der Waals surface area contributed by atoms with Crippen molar-refractivity contribution < 1.29 is 31.1 Å². The van der Waals surface area contributed by atoms with Crippen LogP contribution in [0.25, 0.3) is 10.9 Å². The van der Waals surface area contributed by atoms with Gasteiger partial charge in [0, 0.05) is 60.4 Å². The summed E-state index contributed by atoms with van der Waals surface area (Å²) in [5, 5.41) is 7.43.